The van der Waals surface area contributed by atoms with Crippen molar-refractivity contribution in [3.8, 4) is 6.07 Å². The van der Waals surface area contributed by atoms with Gasteiger partial charge >= 0.3 is 0 Å². The predicted molar refractivity (Wildman–Crippen MR) is 49.0 cm³/mol. The van der Waals surface area contributed by atoms with Crippen LogP contribution in [0.4, 0.5) is 0 Å². The van der Waals surface area contributed by atoms with E-state index in [2.05, 4.69) is 15.9 Å². The van der Waals surface area contributed by atoms with Gasteiger partial charge in [0.1, 0.15) is 6.07 Å². The van der Waals surface area contributed by atoms with E-state index in [1.165, 1.54) is 6.07 Å². The van der Waals surface area contributed by atoms with Crippen LogP contribution in [0.15, 0.2) is 22.7 Å². The lowest BCUT2D eigenvalue weighted by molar-refractivity contribution is 0.108. The molecule has 0 aromatic heterocycles. The molecule has 0 radical (unpaired) electrons. The fourth-order valence-electron chi connectivity index (χ4n) is 0.733. The van der Waals surface area contributed by atoms with Crippen molar-refractivity contribution in [3.05, 3.63) is 33.8 Å². The van der Waals surface area contributed by atoms with Crippen LogP contribution in [0.2, 0.25) is 0 Å². The third-order valence-electron chi connectivity index (χ3n) is 1.31. The van der Waals surface area contributed by atoms with Crippen LogP contribution in [0.1, 0.15) is 15.9 Å². The molecule has 1 aromatic rings. The summed E-state index contributed by atoms with van der Waals surface area (Å²) in [5, 5.41) is 8.03. The first kappa shape index (κ1) is 9.24. The van der Waals surface area contributed by atoms with Crippen molar-refractivity contribution in [1.29, 1.82) is 5.26 Å². The molecule has 4 heteroatoms. The third-order valence-corrected chi connectivity index (χ3v) is 2.22. The van der Waals surface area contributed by atoms with Crippen molar-refractivity contribution in [1.82, 2.24) is 0 Å². The Kier molecular flexibility index (Phi) is 2.85. The van der Waals surface area contributed by atoms with Crippen LogP contribution in [0.25, 0.3) is 0 Å². The van der Waals surface area contributed by atoms with Crippen LogP contribution in [0.3, 0.4) is 0 Å². The average molecular weight is 244 g/mol. The van der Waals surface area contributed by atoms with Crippen LogP contribution in [0.5, 0.6) is 0 Å². The zero-order valence-corrected chi connectivity index (χ0v) is 8.19. The van der Waals surface area contributed by atoms with Crippen molar-refractivity contribution in [2.75, 3.05) is 0 Å². The molecule has 0 bridgehead atoms. The highest BCUT2D eigenvalue weighted by molar-refractivity contribution is 9.10. The molecule has 0 atom stereocenters. The molecule has 0 aliphatic carbocycles. The Labute approximate surface area is 82.9 Å². The zero-order chi connectivity index (χ0) is 9.14. The summed E-state index contributed by atoms with van der Waals surface area (Å²) in [5.41, 5.74) is 0.734. The van der Waals surface area contributed by atoms with Gasteiger partial charge < -0.3 is 0 Å². The van der Waals surface area contributed by atoms with Crippen molar-refractivity contribution in [3.63, 3.8) is 0 Å². The first-order valence-electron chi connectivity index (χ1n) is 3.04. The van der Waals surface area contributed by atoms with Crippen LogP contribution >= 0.6 is 27.5 Å². The molecule has 0 fully saturated rings. The van der Waals surface area contributed by atoms with E-state index >= 15 is 0 Å². The smallest absolute Gasteiger partial charge is 0.252 e. The summed E-state index contributed by atoms with van der Waals surface area (Å²) >= 11 is 8.38. The van der Waals surface area contributed by atoms with Crippen LogP contribution in [-0.2, 0) is 0 Å². The number of benzene rings is 1. The van der Waals surface area contributed by atoms with E-state index in [4.69, 9.17) is 16.9 Å². The largest absolute Gasteiger partial charge is 0.276 e. The number of halogens is 2. The second-order valence-corrected chi connectivity index (χ2v) is 3.28. The van der Waals surface area contributed by atoms with Gasteiger partial charge in [-0.25, -0.2) is 0 Å². The number of hydrogen-bond donors (Lipinski definition) is 0. The Bertz CT molecular complexity index is 370. The topological polar surface area (TPSA) is 40.9 Å². The monoisotopic (exact) mass is 243 g/mol. The van der Waals surface area contributed by atoms with Gasteiger partial charge in [-0.2, -0.15) is 5.26 Å². The van der Waals surface area contributed by atoms with E-state index in [1.54, 1.807) is 12.1 Å². The fourth-order valence-corrected chi connectivity index (χ4v) is 1.19. The van der Waals surface area contributed by atoms with Crippen molar-refractivity contribution in [2.45, 2.75) is 0 Å². The molecule has 0 unspecified atom stereocenters. The predicted octanol–water partition coefficient (Wildman–Crippen LogP) is 2.70. The highest BCUT2D eigenvalue weighted by Gasteiger charge is 2.04. The van der Waals surface area contributed by atoms with Gasteiger partial charge in [-0.3, -0.25) is 4.79 Å². The normalized spacial score (nSPS) is 9.08. The van der Waals surface area contributed by atoms with Crippen molar-refractivity contribution >= 4 is 32.8 Å². The molecular formula is C8H3BrClNO. The molecule has 2 nitrogen and oxygen atoms in total. The van der Waals surface area contributed by atoms with Gasteiger partial charge in [0.05, 0.1) is 5.56 Å². The van der Waals surface area contributed by atoms with Crippen molar-refractivity contribution < 1.29 is 4.79 Å². The van der Waals surface area contributed by atoms with Crippen LogP contribution in [0, 0.1) is 11.3 Å². The quantitative estimate of drug-likeness (QED) is 0.713. The minimum atomic E-state index is -0.556. The Balaban J connectivity index is 3.25. The average Bonchev–Trinajstić information content (AvgIpc) is 2.05. The van der Waals surface area contributed by atoms with Gasteiger partial charge in [-0.05, 0) is 45.7 Å². The molecule has 0 aliphatic rings. The molecule has 0 heterocycles. The number of nitriles is 1. The molecule has 12 heavy (non-hydrogen) atoms. The summed E-state index contributed by atoms with van der Waals surface area (Å²) < 4.78 is 0.659. The molecule has 0 amide bonds. The molecule has 0 spiro atoms. The second-order valence-electron chi connectivity index (χ2n) is 2.08. The molecule has 0 saturated heterocycles. The maximum atomic E-state index is 10.7. The molecule has 0 aliphatic heterocycles. The Morgan fingerprint density at radius 3 is 2.75 bits per heavy atom. The van der Waals surface area contributed by atoms with Gasteiger partial charge in [-0.15, -0.1) is 0 Å². The van der Waals surface area contributed by atoms with Gasteiger partial charge in [0, 0.05) is 10.0 Å². The minimum Gasteiger partial charge on any atom is -0.276 e. The van der Waals surface area contributed by atoms with E-state index in [0.717, 1.165) is 0 Å². The molecule has 0 N–H and O–H groups in total. The van der Waals surface area contributed by atoms with Gasteiger partial charge in [-0.1, -0.05) is 0 Å². The van der Waals surface area contributed by atoms with Gasteiger partial charge in [0.15, 0.2) is 0 Å². The van der Waals surface area contributed by atoms with Gasteiger partial charge in [0.2, 0.25) is 0 Å². The lowest BCUT2D eigenvalue weighted by Gasteiger charge is -1.96. The van der Waals surface area contributed by atoms with Crippen molar-refractivity contribution in [2.24, 2.45) is 0 Å². The molecular weight excluding hydrogens is 241 g/mol. The first-order valence-corrected chi connectivity index (χ1v) is 4.21. The summed E-state index contributed by atoms with van der Waals surface area (Å²) in [6, 6.07) is 6.55. The second kappa shape index (κ2) is 3.70. The molecule has 0 saturated carbocycles. The maximum absolute atomic E-state index is 10.7. The number of carbonyl (C=O) groups excluding carboxylic acids is 1. The SMILES string of the molecule is N#Cc1cc(C(=O)Cl)ccc1Br. The summed E-state index contributed by atoms with van der Waals surface area (Å²) in [6.07, 6.45) is 0. The third kappa shape index (κ3) is 1.84. The first-order chi connectivity index (χ1) is 5.65. The lowest BCUT2D eigenvalue weighted by Crippen LogP contribution is -1.89. The van der Waals surface area contributed by atoms with Gasteiger partial charge in [0.25, 0.3) is 5.24 Å². The van der Waals surface area contributed by atoms with E-state index in [0.29, 0.717) is 15.6 Å². The van der Waals surface area contributed by atoms with E-state index in [1.807, 2.05) is 6.07 Å². The standard InChI is InChI=1S/C8H3BrClNO/c9-7-2-1-5(8(10)12)3-6(7)4-11/h1-3H. The minimum absolute atomic E-state index is 0.330. The van der Waals surface area contributed by atoms with E-state index < -0.39 is 5.24 Å². The Morgan fingerprint density at radius 2 is 2.25 bits per heavy atom. The summed E-state index contributed by atoms with van der Waals surface area (Å²) in [7, 11) is 0. The van der Waals surface area contributed by atoms with Crippen LogP contribution < -0.4 is 0 Å². The summed E-state index contributed by atoms with van der Waals surface area (Å²) in [5.74, 6) is 0. The zero-order valence-electron chi connectivity index (χ0n) is 5.84. The number of carbonyl (C=O) groups is 1. The Morgan fingerprint density at radius 1 is 1.58 bits per heavy atom. The molecule has 60 valence electrons. The number of rotatable bonds is 1. The number of hydrogen-bond acceptors (Lipinski definition) is 2. The lowest BCUT2D eigenvalue weighted by atomic mass is 10.1. The number of nitrogens with zero attached hydrogens (tertiary/aromatic N) is 1. The van der Waals surface area contributed by atoms with Crippen LogP contribution in [-0.4, -0.2) is 5.24 Å². The molecule has 1 rings (SSSR count). The van der Waals surface area contributed by atoms with E-state index in [-0.39, 0.29) is 0 Å². The maximum Gasteiger partial charge on any atom is 0.252 e. The highest BCUT2D eigenvalue weighted by atomic mass is 79.9. The molecule has 1 aromatic carbocycles. The summed E-state index contributed by atoms with van der Waals surface area (Å²) in [6.45, 7) is 0. The van der Waals surface area contributed by atoms with E-state index in [9.17, 15) is 4.79 Å². The summed E-state index contributed by atoms with van der Waals surface area (Å²) in [4.78, 5) is 10.7. The highest BCUT2D eigenvalue weighted by Crippen LogP contribution is 2.18. The fraction of sp³-hybridized carbons (Fsp3) is 0. The Hall–Kier alpha value is -0.850.